The molecule has 0 unspecified atom stereocenters. The van der Waals surface area contributed by atoms with Crippen LogP contribution in [0, 0.1) is 17.0 Å². The van der Waals surface area contributed by atoms with Crippen molar-refractivity contribution in [3.63, 3.8) is 0 Å². The zero-order chi connectivity index (χ0) is 23.0. The number of aryl methyl sites for hydroxylation is 1. The Morgan fingerprint density at radius 2 is 1.62 bits per heavy atom. The van der Waals surface area contributed by atoms with Gasteiger partial charge in [-0.3, -0.25) is 19.7 Å². The fraction of sp³-hybridized carbons (Fsp3) is 0.0435. The number of rotatable bonds is 5. The molecule has 0 bridgehead atoms. The van der Waals surface area contributed by atoms with Crippen LogP contribution in [0.25, 0.3) is 5.57 Å². The average molecular weight is 468 g/mol. The van der Waals surface area contributed by atoms with E-state index in [1.807, 2.05) is 6.92 Å². The Hall–Kier alpha value is -3.68. The fourth-order valence-electron chi connectivity index (χ4n) is 3.42. The van der Waals surface area contributed by atoms with E-state index in [1.54, 1.807) is 42.5 Å². The first-order valence-electron chi connectivity index (χ1n) is 9.43. The van der Waals surface area contributed by atoms with Gasteiger partial charge >= 0.3 is 0 Å². The maximum Gasteiger partial charge on any atom is 0.282 e. The van der Waals surface area contributed by atoms with Crippen molar-refractivity contribution in [1.29, 1.82) is 0 Å². The van der Waals surface area contributed by atoms with Crippen molar-refractivity contribution in [2.45, 2.75) is 6.92 Å². The summed E-state index contributed by atoms with van der Waals surface area (Å²) in [5.74, 6) is -1.18. The second-order valence-corrected chi connectivity index (χ2v) is 7.88. The lowest BCUT2D eigenvalue weighted by atomic mass is 10.0. The van der Waals surface area contributed by atoms with Crippen LogP contribution in [-0.2, 0) is 9.59 Å². The number of hydrogen-bond donors (Lipinski definition) is 1. The van der Waals surface area contributed by atoms with Gasteiger partial charge in [0.05, 0.1) is 21.2 Å². The highest BCUT2D eigenvalue weighted by molar-refractivity contribution is 6.48. The van der Waals surface area contributed by atoms with Gasteiger partial charge in [0.15, 0.2) is 0 Å². The van der Waals surface area contributed by atoms with Gasteiger partial charge in [-0.2, -0.15) is 0 Å². The molecule has 0 saturated heterocycles. The molecule has 32 heavy (non-hydrogen) atoms. The van der Waals surface area contributed by atoms with Crippen molar-refractivity contribution in [3.8, 4) is 0 Å². The number of carbonyl (C=O) groups excluding carboxylic acids is 2. The number of hydrogen-bond acceptors (Lipinski definition) is 5. The second kappa shape index (κ2) is 8.45. The summed E-state index contributed by atoms with van der Waals surface area (Å²) in [6.45, 7) is 1.81. The zero-order valence-corrected chi connectivity index (χ0v) is 18.1. The monoisotopic (exact) mass is 467 g/mol. The van der Waals surface area contributed by atoms with Gasteiger partial charge < -0.3 is 5.32 Å². The maximum atomic E-state index is 13.4. The zero-order valence-electron chi connectivity index (χ0n) is 16.6. The molecule has 7 nitrogen and oxygen atoms in total. The van der Waals surface area contributed by atoms with Gasteiger partial charge in [-0.25, -0.2) is 4.90 Å². The third-order valence-corrected chi connectivity index (χ3v) is 5.55. The molecule has 0 saturated carbocycles. The SMILES string of the molecule is Cc1cc(Cl)ccc1NC1=C(c2ccc([N+](=O)[O-])cc2)C(=O)N(c2ccccc2Cl)C1=O. The number of halogens is 2. The summed E-state index contributed by atoms with van der Waals surface area (Å²) in [7, 11) is 0. The van der Waals surface area contributed by atoms with Gasteiger partial charge in [0.1, 0.15) is 5.70 Å². The number of nitro benzene ring substituents is 1. The van der Waals surface area contributed by atoms with Crippen molar-refractivity contribution >= 4 is 57.7 Å². The van der Waals surface area contributed by atoms with Crippen LogP contribution < -0.4 is 10.2 Å². The minimum absolute atomic E-state index is 0.0363. The Labute approximate surface area is 193 Å². The number of nitrogens with zero attached hydrogens (tertiary/aromatic N) is 2. The van der Waals surface area contributed by atoms with Crippen molar-refractivity contribution in [2.24, 2.45) is 0 Å². The van der Waals surface area contributed by atoms with Gasteiger partial charge in [-0.15, -0.1) is 0 Å². The third-order valence-electron chi connectivity index (χ3n) is 4.99. The highest BCUT2D eigenvalue weighted by Gasteiger charge is 2.41. The fourth-order valence-corrected chi connectivity index (χ4v) is 3.86. The van der Waals surface area contributed by atoms with Crippen molar-refractivity contribution < 1.29 is 14.5 Å². The molecule has 4 rings (SSSR count). The molecule has 0 fully saturated rings. The molecule has 1 heterocycles. The number of anilines is 2. The Morgan fingerprint density at radius 3 is 2.25 bits per heavy atom. The minimum Gasteiger partial charge on any atom is -0.350 e. The number of amides is 2. The molecule has 3 aromatic rings. The van der Waals surface area contributed by atoms with Crippen LogP contribution >= 0.6 is 23.2 Å². The van der Waals surface area contributed by atoms with Gasteiger partial charge in [-0.05, 0) is 60.5 Å². The molecule has 0 aliphatic carbocycles. The quantitative estimate of drug-likeness (QED) is 0.299. The Morgan fingerprint density at radius 1 is 0.938 bits per heavy atom. The van der Waals surface area contributed by atoms with E-state index in [0.29, 0.717) is 16.3 Å². The average Bonchev–Trinajstić information content (AvgIpc) is 3.00. The summed E-state index contributed by atoms with van der Waals surface area (Å²) in [5, 5.41) is 14.8. The van der Waals surface area contributed by atoms with E-state index < -0.39 is 16.7 Å². The smallest absolute Gasteiger partial charge is 0.282 e. The van der Waals surface area contributed by atoms with Crippen molar-refractivity contribution in [2.75, 3.05) is 10.2 Å². The predicted molar refractivity (Wildman–Crippen MR) is 124 cm³/mol. The molecule has 1 N–H and O–H groups in total. The van der Waals surface area contributed by atoms with Crippen LogP contribution in [0.4, 0.5) is 17.1 Å². The molecule has 1 aliphatic rings. The predicted octanol–water partition coefficient (Wildman–Crippen LogP) is 5.61. The molecule has 1 aliphatic heterocycles. The topological polar surface area (TPSA) is 92.6 Å². The summed E-state index contributed by atoms with van der Waals surface area (Å²) < 4.78 is 0. The lowest BCUT2D eigenvalue weighted by molar-refractivity contribution is -0.384. The van der Waals surface area contributed by atoms with Gasteiger partial charge in [-0.1, -0.05) is 35.3 Å². The largest absolute Gasteiger partial charge is 0.350 e. The van der Waals surface area contributed by atoms with E-state index in [2.05, 4.69) is 5.32 Å². The number of non-ortho nitro benzene ring substituents is 1. The molecule has 0 aromatic heterocycles. The molecule has 0 radical (unpaired) electrons. The lowest BCUT2D eigenvalue weighted by Gasteiger charge is -2.17. The van der Waals surface area contributed by atoms with Gasteiger partial charge in [0, 0.05) is 22.8 Å². The van der Waals surface area contributed by atoms with Gasteiger partial charge in [0.2, 0.25) is 0 Å². The van der Waals surface area contributed by atoms with Crippen LogP contribution in [0.3, 0.4) is 0 Å². The van der Waals surface area contributed by atoms with E-state index in [0.717, 1.165) is 10.5 Å². The molecule has 0 atom stereocenters. The van der Waals surface area contributed by atoms with Crippen LogP contribution in [0.5, 0.6) is 0 Å². The van der Waals surface area contributed by atoms with E-state index >= 15 is 0 Å². The Kier molecular flexibility index (Phi) is 5.69. The summed E-state index contributed by atoms with van der Waals surface area (Å²) in [4.78, 5) is 38.3. The first kappa shape index (κ1) is 21.5. The first-order chi connectivity index (χ1) is 15.3. The minimum atomic E-state index is -0.592. The molecule has 0 spiro atoms. The Balaban J connectivity index is 1.85. The van der Waals surface area contributed by atoms with E-state index in [4.69, 9.17) is 23.2 Å². The highest BCUT2D eigenvalue weighted by atomic mass is 35.5. The maximum absolute atomic E-state index is 13.4. The second-order valence-electron chi connectivity index (χ2n) is 7.04. The van der Waals surface area contributed by atoms with Crippen LogP contribution in [0.2, 0.25) is 10.0 Å². The molecule has 2 amide bonds. The molecule has 160 valence electrons. The van der Waals surface area contributed by atoms with E-state index in [9.17, 15) is 19.7 Å². The normalized spacial score (nSPS) is 13.7. The molecule has 9 heteroatoms. The van der Waals surface area contributed by atoms with E-state index in [1.165, 1.54) is 24.3 Å². The molecule has 3 aromatic carbocycles. The molecular weight excluding hydrogens is 453 g/mol. The van der Waals surface area contributed by atoms with Crippen molar-refractivity contribution in [1.82, 2.24) is 0 Å². The number of nitrogens with one attached hydrogen (secondary N) is 1. The lowest BCUT2D eigenvalue weighted by Crippen LogP contribution is -2.32. The number of para-hydroxylation sites is 1. The van der Waals surface area contributed by atoms with Crippen LogP contribution in [0.15, 0.2) is 72.4 Å². The number of carbonyl (C=O) groups is 2. The standard InChI is InChI=1S/C23H15Cl2N3O4/c1-13-12-15(24)8-11-18(13)26-21-20(14-6-9-16(10-7-14)28(31)32)22(29)27(23(21)30)19-5-3-2-4-17(19)25/h2-12,26H,1H3. The number of nitro groups is 1. The molecular formula is C23H15Cl2N3O4. The number of benzene rings is 3. The first-order valence-corrected chi connectivity index (χ1v) is 10.2. The number of imide groups is 1. The van der Waals surface area contributed by atoms with Crippen LogP contribution in [0.1, 0.15) is 11.1 Å². The highest BCUT2D eigenvalue weighted by Crippen LogP contribution is 2.37. The third kappa shape index (κ3) is 3.84. The summed E-state index contributed by atoms with van der Waals surface area (Å²) in [6.07, 6.45) is 0. The van der Waals surface area contributed by atoms with Crippen molar-refractivity contribution in [3.05, 3.63) is 104 Å². The van der Waals surface area contributed by atoms with Gasteiger partial charge in [0.25, 0.3) is 17.5 Å². The summed E-state index contributed by atoms with van der Waals surface area (Å²) in [6, 6.07) is 17.0. The summed E-state index contributed by atoms with van der Waals surface area (Å²) >= 11 is 12.3. The van der Waals surface area contributed by atoms with E-state index in [-0.39, 0.29) is 27.7 Å². The van der Waals surface area contributed by atoms with Crippen LogP contribution in [-0.4, -0.2) is 16.7 Å². The Bertz CT molecular complexity index is 1300. The summed E-state index contributed by atoms with van der Waals surface area (Å²) in [5.41, 5.74) is 1.95.